The second-order valence-electron chi connectivity index (χ2n) is 2.75. The SMILES string of the molecule is [B]NOC(=O)CNC(=O)c1ccccc1I. The van der Waals surface area contributed by atoms with Crippen molar-refractivity contribution in [3.8, 4) is 0 Å². The number of hydrogen-bond acceptors (Lipinski definition) is 4. The van der Waals surface area contributed by atoms with Crippen LogP contribution in [0, 0.1) is 3.57 Å². The largest absolute Gasteiger partial charge is 0.383 e. The number of amides is 1. The lowest BCUT2D eigenvalue weighted by atomic mass is 10.2. The van der Waals surface area contributed by atoms with Crippen molar-refractivity contribution in [2.45, 2.75) is 0 Å². The molecule has 0 aromatic heterocycles. The second kappa shape index (κ2) is 6.49. The molecule has 1 amide bonds. The van der Waals surface area contributed by atoms with E-state index in [1.807, 2.05) is 28.7 Å². The van der Waals surface area contributed by atoms with Crippen LogP contribution in [0.1, 0.15) is 10.4 Å². The predicted octanol–water partition coefficient (Wildman–Crippen LogP) is 0.152. The first kappa shape index (κ1) is 13.0. The van der Waals surface area contributed by atoms with Gasteiger partial charge in [0.1, 0.15) is 6.54 Å². The van der Waals surface area contributed by atoms with Crippen molar-refractivity contribution in [2.75, 3.05) is 6.54 Å². The zero-order valence-electron chi connectivity index (χ0n) is 8.20. The van der Waals surface area contributed by atoms with Crippen molar-refractivity contribution < 1.29 is 14.4 Å². The third-order valence-corrected chi connectivity index (χ3v) is 2.63. The number of carbonyl (C=O) groups excluding carboxylic acids is 2. The van der Waals surface area contributed by atoms with Crippen molar-refractivity contribution in [3.63, 3.8) is 0 Å². The fourth-order valence-corrected chi connectivity index (χ4v) is 1.63. The Morgan fingerprint density at radius 3 is 2.69 bits per heavy atom. The Morgan fingerprint density at radius 1 is 1.38 bits per heavy atom. The van der Waals surface area contributed by atoms with Gasteiger partial charge in [-0.1, -0.05) is 12.1 Å². The van der Waals surface area contributed by atoms with Crippen LogP contribution in [0.15, 0.2) is 24.3 Å². The monoisotopic (exact) mass is 330 g/mol. The van der Waals surface area contributed by atoms with E-state index in [1.54, 1.807) is 23.6 Å². The van der Waals surface area contributed by atoms with Crippen LogP contribution in [0.5, 0.6) is 0 Å². The number of rotatable bonds is 4. The highest BCUT2D eigenvalue weighted by Gasteiger charge is 2.10. The molecule has 1 aromatic carbocycles. The maximum absolute atomic E-state index is 11.6. The lowest BCUT2D eigenvalue weighted by Crippen LogP contribution is -2.33. The highest BCUT2D eigenvalue weighted by molar-refractivity contribution is 14.1. The highest BCUT2D eigenvalue weighted by atomic mass is 127. The molecule has 0 spiro atoms. The van der Waals surface area contributed by atoms with Crippen LogP contribution in [0.25, 0.3) is 0 Å². The average molecular weight is 330 g/mol. The van der Waals surface area contributed by atoms with E-state index in [9.17, 15) is 9.59 Å². The molecule has 7 heteroatoms. The summed E-state index contributed by atoms with van der Waals surface area (Å²) in [6, 6.07) is 7.04. The molecule has 82 valence electrons. The first-order valence-electron chi connectivity index (χ1n) is 4.33. The van der Waals surface area contributed by atoms with Gasteiger partial charge < -0.3 is 10.2 Å². The van der Waals surface area contributed by atoms with Crippen molar-refractivity contribution in [2.24, 2.45) is 0 Å². The normalized spacial score (nSPS) is 9.56. The third-order valence-electron chi connectivity index (χ3n) is 1.68. The predicted molar refractivity (Wildman–Crippen MR) is 66.5 cm³/mol. The van der Waals surface area contributed by atoms with E-state index in [1.165, 1.54) is 0 Å². The standard InChI is InChI=1S/C9H8BIN2O3/c10-13-16-8(14)5-12-9(15)6-3-1-2-4-7(6)11/h1-4,13H,5H2,(H,12,15). The Bertz CT molecular complexity index is 400. The van der Waals surface area contributed by atoms with E-state index in [-0.39, 0.29) is 12.5 Å². The van der Waals surface area contributed by atoms with E-state index < -0.39 is 5.97 Å². The summed E-state index contributed by atoms with van der Waals surface area (Å²) in [5, 5.41) is 4.15. The van der Waals surface area contributed by atoms with Crippen LogP contribution in [0.3, 0.4) is 0 Å². The maximum Gasteiger partial charge on any atom is 0.343 e. The summed E-state index contributed by atoms with van der Waals surface area (Å²) in [4.78, 5) is 26.7. The van der Waals surface area contributed by atoms with Crippen LogP contribution < -0.4 is 10.7 Å². The molecule has 0 fully saturated rings. The fraction of sp³-hybridized carbons (Fsp3) is 0.111. The molecule has 0 aliphatic rings. The second-order valence-corrected chi connectivity index (χ2v) is 3.92. The fourth-order valence-electron chi connectivity index (χ4n) is 0.995. The van der Waals surface area contributed by atoms with E-state index in [0.717, 1.165) is 3.57 Å². The molecule has 0 atom stereocenters. The van der Waals surface area contributed by atoms with Crippen LogP contribution in [-0.4, -0.2) is 26.4 Å². The Hall–Kier alpha value is -1.09. The average Bonchev–Trinajstić information content (AvgIpc) is 2.27. The van der Waals surface area contributed by atoms with Crippen molar-refractivity contribution >= 4 is 42.4 Å². The number of halogens is 1. The Kier molecular flexibility index (Phi) is 5.26. The summed E-state index contributed by atoms with van der Waals surface area (Å²) in [7, 11) is 4.76. The van der Waals surface area contributed by atoms with Crippen molar-refractivity contribution in [1.29, 1.82) is 0 Å². The molecule has 1 rings (SSSR count). The molecular weight excluding hydrogens is 322 g/mol. The number of nitrogens with one attached hydrogen (secondary N) is 2. The van der Waals surface area contributed by atoms with Gasteiger partial charge in [-0.15, -0.1) is 0 Å². The topological polar surface area (TPSA) is 67.4 Å². The molecule has 0 bridgehead atoms. The summed E-state index contributed by atoms with van der Waals surface area (Å²) < 4.78 is 0.808. The summed E-state index contributed by atoms with van der Waals surface area (Å²) in [5.74, 6) is -0.999. The van der Waals surface area contributed by atoms with Gasteiger partial charge in [-0.2, -0.15) is 0 Å². The molecular formula is C9H8BIN2O3. The smallest absolute Gasteiger partial charge is 0.343 e. The summed E-state index contributed by atoms with van der Waals surface area (Å²) >= 11 is 2.04. The number of carbonyl (C=O) groups is 2. The van der Waals surface area contributed by atoms with Gasteiger partial charge in [-0.05, 0) is 34.7 Å². The lowest BCUT2D eigenvalue weighted by molar-refractivity contribution is -0.145. The molecule has 2 N–H and O–H groups in total. The van der Waals surface area contributed by atoms with E-state index in [0.29, 0.717) is 5.56 Å². The lowest BCUT2D eigenvalue weighted by Gasteiger charge is -2.06. The van der Waals surface area contributed by atoms with Crippen molar-refractivity contribution in [1.82, 2.24) is 10.7 Å². The van der Waals surface area contributed by atoms with Crippen LogP contribution in [0.4, 0.5) is 0 Å². The van der Waals surface area contributed by atoms with Gasteiger partial charge in [-0.3, -0.25) is 4.79 Å². The maximum atomic E-state index is 11.6. The highest BCUT2D eigenvalue weighted by Crippen LogP contribution is 2.10. The molecule has 16 heavy (non-hydrogen) atoms. The van der Waals surface area contributed by atoms with Gasteiger partial charge in [0.25, 0.3) is 5.91 Å². The Balaban J connectivity index is 2.54. The van der Waals surface area contributed by atoms with Gasteiger partial charge in [0.05, 0.1) is 5.56 Å². The molecule has 0 unspecified atom stereocenters. The third kappa shape index (κ3) is 3.82. The van der Waals surface area contributed by atoms with Gasteiger partial charge >= 0.3 is 5.97 Å². The van der Waals surface area contributed by atoms with Gasteiger partial charge in [0.15, 0.2) is 0 Å². The Labute approximate surface area is 107 Å². The van der Waals surface area contributed by atoms with Gasteiger partial charge in [0, 0.05) is 3.57 Å². The molecule has 0 saturated heterocycles. The molecule has 0 saturated carbocycles. The summed E-state index contributed by atoms with van der Waals surface area (Å²) in [5.41, 5.74) is 0.511. The van der Waals surface area contributed by atoms with Gasteiger partial charge in [0.2, 0.25) is 7.98 Å². The van der Waals surface area contributed by atoms with Crippen LogP contribution >= 0.6 is 22.6 Å². The number of benzene rings is 1. The van der Waals surface area contributed by atoms with Gasteiger partial charge in [-0.25, -0.2) is 10.2 Å². The molecule has 5 nitrogen and oxygen atoms in total. The molecule has 0 heterocycles. The summed E-state index contributed by atoms with van der Waals surface area (Å²) in [6.07, 6.45) is 0. The van der Waals surface area contributed by atoms with Crippen LogP contribution in [-0.2, 0) is 9.63 Å². The first-order valence-corrected chi connectivity index (χ1v) is 5.41. The quantitative estimate of drug-likeness (QED) is 0.469. The minimum Gasteiger partial charge on any atom is -0.383 e. The Morgan fingerprint density at radius 2 is 2.06 bits per heavy atom. The van der Waals surface area contributed by atoms with E-state index in [4.69, 9.17) is 7.98 Å². The van der Waals surface area contributed by atoms with E-state index in [2.05, 4.69) is 10.2 Å². The van der Waals surface area contributed by atoms with Crippen LogP contribution in [0.2, 0.25) is 0 Å². The molecule has 0 aliphatic heterocycles. The minimum atomic E-state index is -0.665. The summed E-state index contributed by atoms with van der Waals surface area (Å²) in [6.45, 7) is -0.242. The molecule has 1 aromatic rings. The first-order chi connectivity index (χ1) is 7.65. The molecule has 2 radical (unpaired) electrons. The van der Waals surface area contributed by atoms with Crippen molar-refractivity contribution in [3.05, 3.63) is 33.4 Å². The molecule has 0 aliphatic carbocycles. The van der Waals surface area contributed by atoms with E-state index >= 15 is 0 Å². The zero-order valence-corrected chi connectivity index (χ0v) is 10.4. The number of hydrogen-bond donors (Lipinski definition) is 2. The minimum absolute atomic E-state index is 0.242. The zero-order chi connectivity index (χ0) is 12.0.